The van der Waals surface area contributed by atoms with E-state index in [1.807, 2.05) is 6.07 Å². The number of rotatable bonds is 2. The summed E-state index contributed by atoms with van der Waals surface area (Å²) >= 11 is 3.31. The van der Waals surface area contributed by atoms with Gasteiger partial charge in [-0.1, -0.05) is 22.0 Å². The van der Waals surface area contributed by atoms with Crippen LogP contribution in [0.15, 0.2) is 33.6 Å². The molecule has 2 saturated heterocycles. The molecule has 1 N–H and O–H groups in total. The van der Waals surface area contributed by atoms with Gasteiger partial charge in [0.05, 0.1) is 4.90 Å². The number of amides is 1. The van der Waals surface area contributed by atoms with Gasteiger partial charge >= 0.3 is 0 Å². The lowest BCUT2D eigenvalue weighted by Crippen LogP contribution is -2.54. The third-order valence-electron chi connectivity index (χ3n) is 4.22. The summed E-state index contributed by atoms with van der Waals surface area (Å²) in [5.74, 6) is 0.304. The molecule has 0 saturated carbocycles. The average Bonchev–Trinajstić information content (AvgIpc) is 2.46. The van der Waals surface area contributed by atoms with Crippen LogP contribution < -0.4 is 5.32 Å². The minimum Gasteiger partial charge on any atom is -0.353 e. The highest BCUT2D eigenvalue weighted by Gasteiger charge is 2.38. The highest BCUT2D eigenvalue weighted by atomic mass is 79.9. The van der Waals surface area contributed by atoms with Crippen molar-refractivity contribution in [3.63, 3.8) is 0 Å². The molecule has 2 aliphatic rings. The van der Waals surface area contributed by atoms with Crippen molar-refractivity contribution in [2.24, 2.45) is 5.92 Å². The van der Waals surface area contributed by atoms with Crippen molar-refractivity contribution in [2.75, 3.05) is 13.1 Å². The molecule has 2 heterocycles. The van der Waals surface area contributed by atoms with Gasteiger partial charge in [0.15, 0.2) is 0 Å². The van der Waals surface area contributed by atoms with Gasteiger partial charge in [-0.05, 0) is 37.0 Å². The van der Waals surface area contributed by atoms with E-state index in [4.69, 9.17) is 0 Å². The van der Waals surface area contributed by atoms with Crippen LogP contribution in [-0.2, 0) is 14.8 Å². The van der Waals surface area contributed by atoms with Gasteiger partial charge in [0, 0.05) is 30.0 Å². The molecule has 0 bridgehead atoms. The fraction of sp³-hybridized carbons (Fsp3) is 0.500. The fourth-order valence-corrected chi connectivity index (χ4v) is 5.18. The van der Waals surface area contributed by atoms with Crippen LogP contribution in [0.25, 0.3) is 0 Å². The predicted molar refractivity (Wildman–Crippen MR) is 82.2 cm³/mol. The second-order valence-corrected chi connectivity index (χ2v) is 8.44. The van der Waals surface area contributed by atoms with E-state index in [-0.39, 0.29) is 17.9 Å². The third kappa shape index (κ3) is 3.00. The molecule has 1 amide bonds. The Morgan fingerprint density at radius 3 is 2.86 bits per heavy atom. The summed E-state index contributed by atoms with van der Waals surface area (Å²) in [6, 6.07) is 6.91. The van der Waals surface area contributed by atoms with Crippen molar-refractivity contribution in [3.8, 4) is 0 Å². The van der Waals surface area contributed by atoms with Gasteiger partial charge in [-0.3, -0.25) is 4.79 Å². The van der Waals surface area contributed by atoms with E-state index in [0.29, 0.717) is 30.8 Å². The van der Waals surface area contributed by atoms with Crippen molar-refractivity contribution in [2.45, 2.75) is 30.2 Å². The van der Waals surface area contributed by atoms with Crippen LogP contribution in [0.4, 0.5) is 0 Å². The highest BCUT2D eigenvalue weighted by Crippen LogP contribution is 2.29. The van der Waals surface area contributed by atoms with Crippen LogP contribution in [0, 0.1) is 5.92 Å². The summed E-state index contributed by atoms with van der Waals surface area (Å²) in [4.78, 5) is 11.7. The van der Waals surface area contributed by atoms with E-state index in [1.54, 1.807) is 22.5 Å². The summed E-state index contributed by atoms with van der Waals surface area (Å²) in [5, 5.41) is 2.97. The number of fused-ring (bicyclic) bond motifs is 1. The van der Waals surface area contributed by atoms with E-state index >= 15 is 0 Å². The van der Waals surface area contributed by atoms with Gasteiger partial charge in [-0.25, -0.2) is 8.42 Å². The maximum Gasteiger partial charge on any atom is 0.243 e. The molecule has 7 heteroatoms. The first kappa shape index (κ1) is 15.0. The topological polar surface area (TPSA) is 66.5 Å². The van der Waals surface area contributed by atoms with Crippen molar-refractivity contribution in [1.29, 1.82) is 0 Å². The number of sulfonamides is 1. The normalized spacial score (nSPS) is 27.0. The largest absolute Gasteiger partial charge is 0.353 e. The maximum atomic E-state index is 12.7. The molecule has 0 aromatic heterocycles. The Labute approximate surface area is 132 Å². The molecule has 1 aromatic carbocycles. The van der Waals surface area contributed by atoms with Crippen molar-refractivity contribution in [1.82, 2.24) is 9.62 Å². The van der Waals surface area contributed by atoms with Crippen LogP contribution in [0.2, 0.25) is 0 Å². The lowest BCUT2D eigenvalue weighted by molar-refractivity contribution is -0.124. The number of piperidine rings is 2. The summed E-state index contributed by atoms with van der Waals surface area (Å²) in [7, 11) is -3.46. The molecule has 0 aliphatic carbocycles. The smallest absolute Gasteiger partial charge is 0.243 e. The first-order chi connectivity index (χ1) is 9.96. The SMILES string of the molecule is O=C1CCC2CN(S(=O)(=O)c3cccc(Br)c3)CCC2N1. The molecule has 2 fully saturated rings. The van der Waals surface area contributed by atoms with Gasteiger partial charge < -0.3 is 5.32 Å². The number of hydrogen-bond donors (Lipinski definition) is 1. The molecule has 5 nitrogen and oxygen atoms in total. The van der Waals surface area contributed by atoms with Crippen LogP contribution >= 0.6 is 15.9 Å². The molecular weight excluding hydrogens is 356 g/mol. The van der Waals surface area contributed by atoms with E-state index < -0.39 is 10.0 Å². The minimum atomic E-state index is -3.46. The molecule has 1 aromatic rings. The average molecular weight is 373 g/mol. The van der Waals surface area contributed by atoms with Crippen LogP contribution in [-0.4, -0.2) is 37.8 Å². The zero-order chi connectivity index (χ0) is 15.0. The first-order valence-corrected chi connectivity index (χ1v) is 9.25. The Morgan fingerprint density at radius 1 is 1.29 bits per heavy atom. The number of nitrogens with zero attached hydrogens (tertiary/aromatic N) is 1. The standard InChI is InChI=1S/C14H17BrN2O3S/c15-11-2-1-3-12(8-11)21(19,20)17-7-6-13-10(9-17)4-5-14(18)16-13/h1-3,8,10,13H,4-7,9H2,(H,16,18). The number of hydrogen-bond acceptors (Lipinski definition) is 3. The Morgan fingerprint density at radius 2 is 2.10 bits per heavy atom. The number of nitrogens with one attached hydrogen (secondary N) is 1. The minimum absolute atomic E-state index is 0.0829. The summed E-state index contributed by atoms with van der Waals surface area (Å²) in [6.45, 7) is 0.941. The Balaban J connectivity index is 1.80. The van der Waals surface area contributed by atoms with Crippen molar-refractivity contribution >= 4 is 31.9 Å². The highest BCUT2D eigenvalue weighted by molar-refractivity contribution is 9.10. The molecule has 2 aliphatic heterocycles. The Hall–Kier alpha value is -0.920. The van der Waals surface area contributed by atoms with Gasteiger partial charge in [0.1, 0.15) is 0 Å². The van der Waals surface area contributed by atoms with Gasteiger partial charge in [-0.15, -0.1) is 0 Å². The summed E-state index contributed by atoms with van der Waals surface area (Å²) in [6.07, 6.45) is 1.94. The van der Waals surface area contributed by atoms with Crippen LogP contribution in [0.1, 0.15) is 19.3 Å². The van der Waals surface area contributed by atoms with E-state index in [0.717, 1.165) is 10.9 Å². The Kier molecular flexibility index (Phi) is 4.07. The molecule has 0 radical (unpaired) electrons. The maximum absolute atomic E-state index is 12.7. The molecule has 21 heavy (non-hydrogen) atoms. The quantitative estimate of drug-likeness (QED) is 0.859. The molecule has 2 unspecified atom stereocenters. The van der Waals surface area contributed by atoms with Crippen molar-refractivity contribution < 1.29 is 13.2 Å². The second kappa shape index (κ2) is 5.70. The molecule has 2 atom stereocenters. The molecule has 114 valence electrons. The number of carbonyl (C=O) groups excluding carboxylic acids is 1. The molecular formula is C14H17BrN2O3S. The first-order valence-electron chi connectivity index (χ1n) is 7.02. The van der Waals surface area contributed by atoms with Crippen LogP contribution in [0.3, 0.4) is 0 Å². The van der Waals surface area contributed by atoms with Gasteiger partial charge in [0.2, 0.25) is 15.9 Å². The predicted octanol–water partition coefficient (Wildman–Crippen LogP) is 1.74. The third-order valence-corrected chi connectivity index (χ3v) is 6.57. The zero-order valence-corrected chi connectivity index (χ0v) is 13.9. The van der Waals surface area contributed by atoms with Gasteiger partial charge in [0.25, 0.3) is 0 Å². The summed E-state index contributed by atoms with van der Waals surface area (Å²) in [5.41, 5.74) is 0. The lowest BCUT2D eigenvalue weighted by atomic mass is 9.86. The van der Waals surface area contributed by atoms with Gasteiger partial charge in [-0.2, -0.15) is 4.31 Å². The molecule has 0 spiro atoms. The van der Waals surface area contributed by atoms with E-state index in [2.05, 4.69) is 21.2 Å². The van der Waals surface area contributed by atoms with Crippen LogP contribution in [0.5, 0.6) is 0 Å². The number of carbonyl (C=O) groups is 1. The summed E-state index contributed by atoms with van der Waals surface area (Å²) < 4.78 is 27.7. The number of halogens is 1. The monoisotopic (exact) mass is 372 g/mol. The zero-order valence-electron chi connectivity index (χ0n) is 11.5. The van der Waals surface area contributed by atoms with Crippen molar-refractivity contribution in [3.05, 3.63) is 28.7 Å². The molecule has 3 rings (SSSR count). The fourth-order valence-electron chi connectivity index (χ4n) is 3.07. The lowest BCUT2D eigenvalue weighted by Gasteiger charge is -2.40. The van der Waals surface area contributed by atoms with E-state index in [9.17, 15) is 13.2 Å². The second-order valence-electron chi connectivity index (χ2n) is 5.58. The van der Waals surface area contributed by atoms with E-state index in [1.165, 1.54) is 0 Å². The Bertz CT molecular complexity index is 662. The number of benzene rings is 1.